The van der Waals surface area contributed by atoms with Crippen LogP contribution in [0.4, 0.5) is 0 Å². The van der Waals surface area contributed by atoms with Gasteiger partial charge in [-0.15, -0.1) is 11.3 Å². The summed E-state index contributed by atoms with van der Waals surface area (Å²) in [5, 5.41) is 5.84. The number of hydrogen-bond donors (Lipinski definition) is 3. The van der Waals surface area contributed by atoms with Crippen LogP contribution in [0.5, 0.6) is 0 Å². The Morgan fingerprint density at radius 3 is 2.87 bits per heavy atom. The zero-order valence-electron chi connectivity index (χ0n) is 12.9. The van der Waals surface area contributed by atoms with Crippen LogP contribution in [0.3, 0.4) is 0 Å². The quantitative estimate of drug-likeness (QED) is 0.675. The van der Waals surface area contributed by atoms with Crippen LogP contribution in [0.2, 0.25) is 0 Å². The molecule has 0 saturated carbocycles. The van der Waals surface area contributed by atoms with Crippen molar-refractivity contribution >= 4 is 29.0 Å². The van der Waals surface area contributed by atoms with E-state index >= 15 is 0 Å². The first-order valence-electron chi connectivity index (χ1n) is 7.00. The Hall–Kier alpha value is -1.87. The zero-order chi connectivity index (χ0) is 16.8. The van der Waals surface area contributed by atoms with E-state index in [0.717, 1.165) is 16.5 Å². The van der Waals surface area contributed by atoms with Gasteiger partial charge in [0.25, 0.3) is 5.56 Å². The normalized spacial score (nSPS) is 10.7. The summed E-state index contributed by atoms with van der Waals surface area (Å²) in [6.07, 6.45) is 2.62. The van der Waals surface area contributed by atoms with Gasteiger partial charge in [0.2, 0.25) is 5.91 Å². The lowest BCUT2D eigenvalue weighted by molar-refractivity contribution is -0.120. The van der Waals surface area contributed by atoms with E-state index < -0.39 is 11.2 Å². The fourth-order valence-corrected chi connectivity index (χ4v) is 3.60. The second-order valence-electron chi connectivity index (χ2n) is 4.95. The van der Waals surface area contributed by atoms with Crippen molar-refractivity contribution in [1.82, 2.24) is 20.3 Å². The number of thiazole rings is 1. The molecule has 2 rings (SSSR count). The molecule has 0 bridgehead atoms. The summed E-state index contributed by atoms with van der Waals surface area (Å²) in [4.78, 5) is 43.8. The van der Waals surface area contributed by atoms with E-state index in [1.54, 1.807) is 30.0 Å². The van der Waals surface area contributed by atoms with Gasteiger partial charge in [-0.25, -0.2) is 9.78 Å². The number of aromatic amines is 2. The van der Waals surface area contributed by atoms with Crippen LogP contribution in [-0.2, 0) is 23.4 Å². The van der Waals surface area contributed by atoms with Crippen LogP contribution in [-0.4, -0.2) is 33.7 Å². The third-order valence-corrected chi connectivity index (χ3v) is 4.81. The van der Waals surface area contributed by atoms with Gasteiger partial charge in [0.1, 0.15) is 5.01 Å². The average molecular weight is 354 g/mol. The van der Waals surface area contributed by atoms with Gasteiger partial charge >= 0.3 is 5.69 Å². The summed E-state index contributed by atoms with van der Waals surface area (Å²) in [5.74, 6) is 0.635. The van der Waals surface area contributed by atoms with Crippen molar-refractivity contribution in [3.8, 4) is 0 Å². The van der Waals surface area contributed by atoms with Crippen molar-refractivity contribution in [2.24, 2.45) is 0 Å². The van der Waals surface area contributed by atoms with Crippen LogP contribution < -0.4 is 16.6 Å². The maximum atomic E-state index is 11.9. The number of hydrogen-bond acceptors (Lipinski definition) is 6. The number of carbonyl (C=O) groups is 1. The molecule has 2 aromatic heterocycles. The molecule has 2 heterocycles. The summed E-state index contributed by atoms with van der Waals surface area (Å²) < 4.78 is 0. The maximum absolute atomic E-state index is 11.9. The molecule has 0 fully saturated rings. The van der Waals surface area contributed by atoms with Crippen LogP contribution in [0, 0.1) is 6.92 Å². The molecular weight excluding hydrogens is 336 g/mol. The predicted molar refractivity (Wildman–Crippen MR) is 92.2 cm³/mol. The number of aryl methyl sites for hydroxylation is 1. The van der Waals surface area contributed by atoms with E-state index in [1.165, 1.54) is 0 Å². The standard InChI is InChI=1S/C14H18N4O3S2/c1-8-10(13(20)18-14(21)16-8)5-11(19)15-4-3-9-6-23-12(17-9)7-22-2/h6H,3-5,7H2,1-2H3,(H,15,19)(H2,16,18,20,21). The molecule has 9 heteroatoms. The van der Waals surface area contributed by atoms with Gasteiger partial charge in [-0.05, 0) is 13.2 Å². The van der Waals surface area contributed by atoms with Gasteiger partial charge in [-0.2, -0.15) is 11.8 Å². The van der Waals surface area contributed by atoms with Gasteiger partial charge in [0.05, 0.1) is 12.1 Å². The molecule has 0 saturated heterocycles. The first-order chi connectivity index (χ1) is 11.0. The lowest BCUT2D eigenvalue weighted by Crippen LogP contribution is -2.33. The van der Waals surface area contributed by atoms with Crippen molar-refractivity contribution in [1.29, 1.82) is 0 Å². The zero-order valence-corrected chi connectivity index (χ0v) is 14.5. The summed E-state index contributed by atoms with van der Waals surface area (Å²) in [6, 6.07) is 0. The Morgan fingerprint density at radius 2 is 2.17 bits per heavy atom. The largest absolute Gasteiger partial charge is 0.355 e. The Kier molecular flexibility index (Phi) is 6.17. The molecule has 3 N–H and O–H groups in total. The highest BCUT2D eigenvalue weighted by Gasteiger charge is 2.11. The highest BCUT2D eigenvalue weighted by atomic mass is 32.2. The van der Waals surface area contributed by atoms with E-state index in [2.05, 4.69) is 20.3 Å². The summed E-state index contributed by atoms with van der Waals surface area (Å²) in [5.41, 5.74) is 0.550. The van der Waals surface area contributed by atoms with E-state index in [0.29, 0.717) is 18.7 Å². The van der Waals surface area contributed by atoms with E-state index in [4.69, 9.17) is 0 Å². The topological polar surface area (TPSA) is 108 Å². The minimum Gasteiger partial charge on any atom is -0.355 e. The number of nitrogens with one attached hydrogen (secondary N) is 3. The fraction of sp³-hybridized carbons (Fsp3) is 0.429. The Bertz CT molecular complexity index is 794. The molecule has 0 atom stereocenters. The first kappa shape index (κ1) is 17.5. The van der Waals surface area contributed by atoms with Gasteiger partial charge in [0, 0.05) is 35.4 Å². The average Bonchev–Trinajstić information content (AvgIpc) is 2.91. The molecule has 7 nitrogen and oxygen atoms in total. The van der Waals surface area contributed by atoms with Gasteiger partial charge in [0.15, 0.2) is 0 Å². The number of H-pyrrole nitrogens is 2. The molecule has 23 heavy (non-hydrogen) atoms. The molecular formula is C14H18N4O3S2. The molecule has 2 aromatic rings. The highest BCUT2D eigenvalue weighted by molar-refractivity contribution is 7.97. The SMILES string of the molecule is CSCc1nc(CCNC(=O)Cc2c(C)[nH]c(=O)[nH]c2=O)cs1. The van der Waals surface area contributed by atoms with E-state index in [1.807, 2.05) is 11.6 Å². The first-order valence-corrected chi connectivity index (χ1v) is 9.28. The summed E-state index contributed by atoms with van der Waals surface area (Å²) >= 11 is 3.34. The molecule has 124 valence electrons. The molecule has 0 aliphatic heterocycles. The fourth-order valence-electron chi connectivity index (χ4n) is 2.05. The number of aromatic nitrogens is 3. The molecule has 0 spiro atoms. The predicted octanol–water partition coefficient (Wildman–Crippen LogP) is 0.593. The minimum atomic E-state index is -0.568. The number of amides is 1. The Labute approximate surface area is 140 Å². The second-order valence-corrected chi connectivity index (χ2v) is 6.76. The molecule has 0 aliphatic carbocycles. The Balaban J connectivity index is 1.86. The monoisotopic (exact) mass is 354 g/mol. The molecule has 1 amide bonds. The number of nitrogens with zero attached hydrogens (tertiary/aromatic N) is 1. The molecule has 0 radical (unpaired) electrons. The summed E-state index contributed by atoms with van der Waals surface area (Å²) in [6.45, 7) is 2.06. The molecule has 0 aromatic carbocycles. The number of rotatable bonds is 7. The Morgan fingerprint density at radius 1 is 1.39 bits per heavy atom. The van der Waals surface area contributed by atoms with Crippen LogP contribution in [0.1, 0.15) is 22.0 Å². The number of carbonyl (C=O) groups excluding carboxylic acids is 1. The van der Waals surface area contributed by atoms with Gasteiger partial charge < -0.3 is 10.3 Å². The number of thioether (sulfide) groups is 1. The minimum absolute atomic E-state index is 0.0628. The van der Waals surface area contributed by atoms with E-state index in [-0.39, 0.29) is 17.9 Å². The van der Waals surface area contributed by atoms with Crippen LogP contribution in [0.15, 0.2) is 15.0 Å². The van der Waals surface area contributed by atoms with Crippen molar-refractivity contribution < 1.29 is 4.79 Å². The highest BCUT2D eigenvalue weighted by Crippen LogP contribution is 2.15. The summed E-state index contributed by atoms with van der Waals surface area (Å²) in [7, 11) is 0. The van der Waals surface area contributed by atoms with Crippen LogP contribution >= 0.6 is 23.1 Å². The second kappa shape index (κ2) is 8.11. The van der Waals surface area contributed by atoms with Crippen molar-refractivity contribution in [3.63, 3.8) is 0 Å². The molecule has 0 unspecified atom stereocenters. The lowest BCUT2D eigenvalue weighted by atomic mass is 10.1. The lowest BCUT2D eigenvalue weighted by Gasteiger charge is -2.05. The van der Waals surface area contributed by atoms with E-state index in [9.17, 15) is 14.4 Å². The third kappa shape index (κ3) is 5.07. The smallest absolute Gasteiger partial charge is 0.325 e. The van der Waals surface area contributed by atoms with Crippen molar-refractivity contribution in [3.05, 3.63) is 48.2 Å². The van der Waals surface area contributed by atoms with Crippen molar-refractivity contribution in [2.75, 3.05) is 12.8 Å². The molecule has 0 aliphatic rings. The van der Waals surface area contributed by atoms with Crippen molar-refractivity contribution in [2.45, 2.75) is 25.5 Å². The van der Waals surface area contributed by atoms with Gasteiger partial charge in [-0.1, -0.05) is 0 Å². The third-order valence-electron chi connectivity index (χ3n) is 3.16. The van der Waals surface area contributed by atoms with Gasteiger partial charge in [-0.3, -0.25) is 14.6 Å². The van der Waals surface area contributed by atoms with Crippen LogP contribution in [0.25, 0.3) is 0 Å². The maximum Gasteiger partial charge on any atom is 0.325 e.